The van der Waals surface area contributed by atoms with Gasteiger partial charge in [-0.2, -0.15) is 23.3 Å². The summed E-state index contributed by atoms with van der Waals surface area (Å²) in [6.45, 7) is 3.15. The van der Waals surface area contributed by atoms with Crippen LogP contribution in [0.15, 0.2) is 60.0 Å². The van der Waals surface area contributed by atoms with Crippen LogP contribution in [0.2, 0.25) is 0 Å². The number of carbonyl (C=O) groups is 1. The predicted octanol–water partition coefficient (Wildman–Crippen LogP) is 4.70. The highest BCUT2D eigenvalue weighted by atomic mass is 19.4. The molecule has 6 rings (SSSR count). The average molecular weight is 546 g/mol. The first kappa shape index (κ1) is 25.2. The Kier molecular flexibility index (Phi) is 6.05. The van der Waals surface area contributed by atoms with Gasteiger partial charge in [0.15, 0.2) is 5.82 Å². The van der Waals surface area contributed by atoms with E-state index < -0.39 is 17.6 Å². The zero-order valence-electron chi connectivity index (χ0n) is 21.4. The third-order valence-corrected chi connectivity index (χ3v) is 6.49. The lowest BCUT2D eigenvalue weighted by Gasteiger charge is -2.28. The molecule has 10 nitrogen and oxygen atoms in total. The van der Waals surface area contributed by atoms with Crippen LogP contribution in [-0.2, 0) is 13.2 Å². The Morgan fingerprint density at radius 2 is 1.95 bits per heavy atom. The van der Waals surface area contributed by atoms with Crippen molar-refractivity contribution in [1.29, 1.82) is 0 Å². The van der Waals surface area contributed by atoms with Crippen molar-refractivity contribution in [2.45, 2.75) is 13.1 Å². The van der Waals surface area contributed by atoms with Gasteiger partial charge in [0.25, 0.3) is 5.91 Å². The van der Waals surface area contributed by atoms with E-state index in [0.717, 1.165) is 46.4 Å². The lowest BCUT2D eigenvalue weighted by Crippen LogP contribution is -2.32. The number of benzene rings is 1. The minimum absolute atomic E-state index is 0.332. The van der Waals surface area contributed by atoms with Gasteiger partial charge in [-0.05, 0) is 48.4 Å². The number of anilines is 4. The quantitative estimate of drug-likeness (QED) is 0.374. The average Bonchev–Trinajstić information content (AvgIpc) is 3.58. The molecule has 0 saturated heterocycles. The molecule has 2 aliphatic rings. The number of amides is 1. The van der Waals surface area contributed by atoms with Gasteiger partial charge in [0.2, 0.25) is 5.95 Å². The first-order valence-corrected chi connectivity index (χ1v) is 12.3. The number of aryl methyl sites for hydroxylation is 2. The van der Waals surface area contributed by atoms with Crippen LogP contribution >= 0.6 is 0 Å². The molecule has 0 bridgehead atoms. The molecule has 202 valence electrons. The van der Waals surface area contributed by atoms with Gasteiger partial charge in [0.05, 0.1) is 12.1 Å². The number of fused-ring (bicyclic) bond motifs is 3. The lowest BCUT2D eigenvalue weighted by atomic mass is 9.94. The monoisotopic (exact) mass is 545 g/mol. The minimum Gasteiger partial charge on any atom is -0.321 e. The Morgan fingerprint density at radius 3 is 2.73 bits per heavy atom. The zero-order valence-corrected chi connectivity index (χ0v) is 21.4. The molecule has 1 aromatic carbocycles. The number of hydrogen-bond donors (Lipinski definition) is 2. The van der Waals surface area contributed by atoms with Crippen LogP contribution in [0.1, 0.15) is 32.7 Å². The van der Waals surface area contributed by atoms with Crippen molar-refractivity contribution >= 4 is 46.7 Å². The van der Waals surface area contributed by atoms with E-state index in [0.29, 0.717) is 36.4 Å². The fourth-order valence-electron chi connectivity index (χ4n) is 4.57. The van der Waals surface area contributed by atoms with E-state index in [2.05, 4.69) is 25.7 Å². The minimum atomic E-state index is -4.58. The maximum Gasteiger partial charge on any atom is 0.416 e. The van der Waals surface area contributed by atoms with Gasteiger partial charge in [-0.1, -0.05) is 6.07 Å². The van der Waals surface area contributed by atoms with E-state index in [9.17, 15) is 18.0 Å². The number of hydrogen-bond acceptors (Lipinski definition) is 8. The van der Waals surface area contributed by atoms with Gasteiger partial charge < -0.3 is 15.5 Å². The standard InChI is InChI=1S/C27H22F3N9O/c1-15-3-4-18(34-25(40)21-12-17(5-7-31-21)27(28,29)30)13-19(15)20-11-16-14-33-26(35-22-6-9-38(2)37-22)36-23(16)39-10-8-32-24(20)39/h3-7,9,11-14H,8,10H2,1-2H3,(H,34,40)(H,33,35,36,37). The maximum absolute atomic E-state index is 13.1. The number of aromatic nitrogens is 5. The fourth-order valence-corrected chi connectivity index (χ4v) is 4.57. The number of carbonyl (C=O) groups excluding carboxylic acids is 1. The second-order valence-electron chi connectivity index (χ2n) is 9.30. The molecule has 0 saturated carbocycles. The van der Waals surface area contributed by atoms with Crippen LogP contribution in [0.25, 0.3) is 11.6 Å². The molecule has 0 atom stereocenters. The van der Waals surface area contributed by atoms with Crippen LogP contribution < -0.4 is 15.5 Å². The molecule has 0 aliphatic carbocycles. The summed E-state index contributed by atoms with van der Waals surface area (Å²) in [6, 6.07) is 8.66. The smallest absolute Gasteiger partial charge is 0.321 e. The molecular weight excluding hydrogens is 523 g/mol. The van der Waals surface area contributed by atoms with Crippen LogP contribution in [0.4, 0.5) is 36.4 Å². The molecule has 0 radical (unpaired) electrons. The van der Waals surface area contributed by atoms with E-state index in [-0.39, 0.29) is 5.69 Å². The topological polar surface area (TPSA) is 113 Å². The highest BCUT2D eigenvalue weighted by Crippen LogP contribution is 2.37. The Labute approximate surface area is 226 Å². The van der Waals surface area contributed by atoms with Gasteiger partial charge in [-0.3, -0.25) is 19.5 Å². The molecule has 4 aromatic rings. The lowest BCUT2D eigenvalue weighted by molar-refractivity contribution is -0.137. The second kappa shape index (κ2) is 9.59. The van der Waals surface area contributed by atoms with E-state index in [1.165, 1.54) is 0 Å². The molecule has 3 aromatic heterocycles. The SMILES string of the molecule is Cc1ccc(NC(=O)c2cc(C(F)(F)F)ccn2)cc1C1=Cc2cnc(Nc3ccn(C)n3)nc2N2CCN=C12. The first-order chi connectivity index (χ1) is 19.2. The van der Waals surface area contributed by atoms with Crippen LogP contribution in [0, 0.1) is 6.92 Å². The van der Waals surface area contributed by atoms with Gasteiger partial charge in [-0.25, -0.2) is 4.98 Å². The van der Waals surface area contributed by atoms with E-state index in [4.69, 9.17) is 9.98 Å². The first-order valence-electron chi connectivity index (χ1n) is 12.3. The van der Waals surface area contributed by atoms with E-state index >= 15 is 0 Å². The van der Waals surface area contributed by atoms with Crippen molar-refractivity contribution < 1.29 is 18.0 Å². The fraction of sp³-hybridized carbons (Fsp3) is 0.185. The number of amidine groups is 1. The summed E-state index contributed by atoms with van der Waals surface area (Å²) >= 11 is 0. The summed E-state index contributed by atoms with van der Waals surface area (Å²) in [4.78, 5) is 32.5. The molecule has 0 fully saturated rings. The van der Waals surface area contributed by atoms with Crippen LogP contribution in [0.5, 0.6) is 0 Å². The summed E-state index contributed by atoms with van der Waals surface area (Å²) in [6.07, 6.45) is 1.88. The Morgan fingerprint density at radius 1 is 1.10 bits per heavy atom. The molecule has 1 amide bonds. The van der Waals surface area contributed by atoms with Gasteiger partial charge in [-0.15, -0.1) is 0 Å². The number of rotatable bonds is 5. The van der Waals surface area contributed by atoms with Gasteiger partial charge in [0, 0.05) is 55.1 Å². The molecule has 40 heavy (non-hydrogen) atoms. The summed E-state index contributed by atoms with van der Waals surface area (Å²) in [5.74, 6) is 1.74. The Bertz CT molecular complexity index is 1710. The summed E-state index contributed by atoms with van der Waals surface area (Å²) in [5, 5.41) is 10.1. The largest absolute Gasteiger partial charge is 0.416 e. The van der Waals surface area contributed by atoms with Crippen LogP contribution in [-0.4, -0.2) is 49.6 Å². The third kappa shape index (κ3) is 4.77. The summed E-state index contributed by atoms with van der Waals surface area (Å²) in [7, 11) is 1.82. The molecule has 0 unspecified atom stereocenters. The van der Waals surface area contributed by atoms with Gasteiger partial charge in [0.1, 0.15) is 17.3 Å². The number of pyridine rings is 1. The zero-order chi connectivity index (χ0) is 28.0. The molecule has 2 aliphatic heterocycles. The maximum atomic E-state index is 13.1. The second-order valence-corrected chi connectivity index (χ2v) is 9.30. The normalized spacial score (nSPS) is 14.3. The van der Waals surface area contributed by atoms with E-state index in [1.54, 1.807) is 23.0 Å². The highest BCUT2D eigenvalue weighted by Gasteiger charge is 2.32. The Hall–Kier alpha value is -5.07. The summed E-state index contributed by atoms with van der Waals surface area (Å²) < 4.78 is 41.0. The number of halogens is 3. The number of nitrogens with one attached hydrogen (secondary N) is 2. The highest BCUT2D eigenvalue weighted by molar-refractivity contribution is 6.36. The van der Waals surface area contributed by atoms with Crippen molar-refractivity contribution in [1.82, 2.24) is 24.7 Å². The van der Waals surface area contributed by atoms with Gasteiger partial charge >= 0.3 is 6.18 Å². The van der Waals surface area contributed by atoms with Crippen LogP contribution in [0.3, 0.4) is 0 Å². The van der Waals surface area contributed by atoms with Crippen molar-refractivity contribution in [3.05, 3.63) is 82.9 Å². The van der Waals surface area contributed by atoms with Crippen molar-refractivity contribution in [2.24, 2.45) is 12.0 Å². The molecule has 2 N–H and O–H groups in total. The third-order valence-electron chi connectivity index (χ3n) is 6.49. The number of alkyl halides is 3. The van der Waals surface area contributed by atoms with Crippen molar-refractivity contribution in [3.8, 4) is 0 Å². The number of aliphatic imine (C=N–C) groups is 1. The molecule has 5 heterocycles. The molecular formula is C27H22F3N9O. The number of nitrogens with zero attached hydrogens (tertiary/aromatic N) is 7. The molecule has 0 spiro atoms. The van der Waals surface area contributed by atoms with Crippen molar-refractivity contribution in [2.75, 3.05) is 28.6 Å². The van der Waals surface area contributed by atoms with E-state index in [1.807, 2.05) is 43.3 Å². The predicted molar refractivity (Wildman–Crippen MR) is 144 cm³/mol. The summed E-state index contributed by atoms with van der Waals surface area (Å²) in [5.41, 5.74) is 2.49. The Balaban J connectivity index is 1.31. The molecule has 13 heteroatoms. The van der Waals surface area contributed by atoms with Crippen molar-refractivity contribution in [3.63, 3.8) is 0 Å².